The third-order valence-corrected chi connectivity index (χ3v) is 7.55. The Morgan fingerprint density at radius 3 is 2.55 bits per heavy atom. The third-order valence-electron chi connectivity index (χ3n) is 6.38. The number of nitrogens with zero attached hydrogens (tertiary/aromatic N) is 7. The normalized spacial score (nSPS) is 21.2. The van der Waals surface area contributed by atoms with Gasteiger partial charge in [0, 0.05) is 61.4 Å². The first kappa shape index (κ1) is 22.6. The molecule has 174 valence electrons. The highest BCUT2D eigenvalue weighted by Crippen LogP contribution is 2.33. The van der Waals surface area contributed by atoms with E-state index in [-0.39, 0.29) is 11.1 Å². The van der Waals surface area contributed by atoms with Crippen LogP contribution in [-0.4, -0.2) is 57.8 Å². The van der Waals surface area contributed by atoms with Crippen LogP contribution in [0.3, 0.4) is 0 Å². The molecule has 4 heterocycles. The van der Waals surface area contributed by atoms with Crippen LogP contribution in [0.5, 0.6) is 0 Å². The molecule has 7 nitrogen and oxygen atoms in total. The highest BCUT2D eigenvalue weighted by atomic mass is 35.5. The van der Waals surface area contributed by atoms with E-state index in [0.29, 0.717) is 16.3 Å². The van der Waals surface area contributed by atoms with E-state index >= 15 is 0 Å². The van der Waals surface area contributed by atoms with Crippen LogP contribution < -0.4 is 14.7 Å². The molecular weight excluding hydrogens is 484 g/mol. The number of anilines is 3. The van der Waals surface area contributed by atoms with Crippen LogP contribution in [0.25, 0.3) is 11.3 Å². The molecular formula is C22H24Cl2FN7S. The average Bonchev–Trinajstić information content (AvgIpc) is 3.43. The van der Waals surface area contributed by atoms with Crippen molar-refractivity contribution < 1.29 is 4.39 Å². The van der Waals surface area contributed by atoms with Crippen LogP contribution in [0.2, 0.25) is 9.36 Å². The molecule has 2 aliphatic rings. The van der Waals surface area contributed by atoms with E-state index < -0.39 is 5.82 Å². The van der Waals surface area contributed by atoms with Gasteiger partial charge >= 0.3 is 0 Å². The van der Waals surface area contributed by atoms with Gasteiger partial charge in [-0.05, 0) is 44.9 Å². The van der Waals surface area contributed by atoms with E-state index in [0.717, 1.165) is 61.9 Å². The van der Waals surface area contributed by atoms with Gasteiger partial charge in [0.25, 0.3) is 0 Å². The lowest BCUT2D eigenvalue weighted by Crippen LogP contribution is -2.52. The number of rotatable bonds is 4. The minimum absolute atomic E-state index is 0.0829. The molecule has 2 saturated heterocycles. The second-order valence-electron chi connectivity index (χ2n) is 8.58. The van der Waals surface area contributed by atoms with Crippen molar-refractivity contribution in [3.05, 3.63) is 39.4 Å². The summed E-state index contributed by atoms with van der Waals surface area (Å²) in [7, 11) is 0. The van der Waals surface area contributed by atoms with Crippen molar-refractivity contribution in [1.82, 2.24) is 19.6 Å². The number of halogens is 3. The van der Waals surface area contributed by atoms with Crippen molar-refractivity contribution in [2.45, 2.75) is 38.8 Å². The summed E-state index contributed by atoms with van der Waals surface area (Å²) in [6.45, 7) is 7.55. The van der Waals surface area contributed by atoms with Crippen LogP contribution in [0.15, 0.2) is 24.3 Å². The van der Waals surface area contributed by atoms with Crippen molar-refractivity contribution in [3.63, 3.8) is 0 Å². The lowest BCUT2D eigenvalue weighted by Gasteiger charge is -2.41. The summed E-state index contributed by atoms with van der Waals surface area (Å²) < 4.78 is 18.4. The van der Waals surface area contributed by atoms with Gasteiger partial charge in [-0.25, -0.2) is 9.37 Å². The smallest absolute Gasteiger partial charge is 0.228 e. The first-order valence-electron chi connectivity index (χ1n) is 11.0. The summed E-state index contributed by atoms with van der Waals surface area (Å²) in [6, 6.07) is 7.22. The zero-order chi connectivity index (χ0) is 23.1. The van der Waals surface area contributed by atoms with E-state index in [1.54, 1.807) is 12.1 Å². The maximum atomic E-state index is 13.8. The zero-order valence-electron chi connectivity index (χ0n) is 18.4. The van der Waals surface area contributed by atoms with Crippen molar-refractivity contribution in [2.75, 3.05) is 40.9 Å². The Kier molecular flexibility index (Phi) is 6.28. The Hall–Kier alpha value is -2.23. The maximum absolute atomic E-state index is 13.8. The molecule has 2 aromatic heterocycles. The van der Waals surface area contributed by atoms with Gasteiger partial charge in [0.05, 0.1) is 10.7 Å². The predicted octanol–water partition coefficient (Wildman–Crippen LogP) is 5.14. The molecule has 5 rings (SSSR count). The molecule has 0 bridgehead atoms. The number of hydrogen-bond acceptors (Lipinski definition) is 8. The third kappa shape index (κ3) is 4.46. The molecule has 33 heavy (non-hydrogen) atoms. The molecule has 0 N–H and O–H groups in total. The van der Waals surface area contributed by atoms with Crippen LogP contribution in [-0.2, 0) is 0 Å². The summed E-state index contributed by atoms with van der Waals surface area (Å²) in [5.41, 5.74) is 1.50. The SMILES string of the molecule is C[C@@H]1CN(c2nnsc2Cl)CCN1c1cc(-c2ccc(F)c(Cl)c2)nc(N2CCC[C@H]2C)n1. The molecule has 3 aromatic rings. The fraction of sp³-hybridized carbons (Fsp3) is 0.455. The molecule has 0 aliphatic carbocycles. The average molecular weight is 508 g/mol. The molecule has 0 unspecified atom stereocenters. The van der Waals surface area contributed by atoms with Gasteiger partial charge < -0.3 is 14.7 Å². The monoisotopic (exact) mass is 507 g/mol. The molecule has 2 atom stereocenters. The molecule has 0 saturated carbocycles. The van der Waals surface area contributed by atoms with Crippen molar-refractivity contribution in [2.24, 2.45) is 0 Å². The Labute approximate surface area is 206 Å². The number of hydrogen-bond donors (Lipinski definition) is 0. The van der Waals surface area contributed by atoms with Gasteiger partial charge in [-0.15, -0.1) is 5.10 Å². The molecule has 2 aliphatic heterocycles. The quantitative estimate of drug-likeness (QED) is 0.484. The van der Waals surface area contributed by atoms with E-state index in [4.69, 9.17) is 33.2 Å². The van der Waals surface area contributed by atoms with Crippen molar-refractivity contribution in [3.8, 4) is 11.3 Å². The Balaban J connectivity index is 1.49. The molecule has 2 fully saturated rings. The number of aromatic nitrogens is 4. The highest BCUT2D eigenvalue weighted by molar-refractivity contribution is 7.11. The highest BCUT2D eigenvalue weighted by Gasteiger charge is 2.30. The van der Waals surface area contributed by atoms with Crippen LogP contribution in [0, 0.1) is 5.82 Å². The first-order valence-corrected chi connectivity index (χ1v) is 12.5. The summed E-state index contributed by atoms with van der Waals surface area (Å²) in [4.78, 5) is 16.5. The van der Waals surface area contributed by atoms with Gasteiger partial charge in [0.2, 0.25) is 5.95 Å². The van der Waals surface area contributed by atoms with Crippen LogP contribution >= 0.6 is 34.7 Å². The lowest BCUT2D eigenvalue weighted by molar-refractivity contribution is 0.542. The first-order chi connectivity index (χ1) is 15.9. The Morgan fingerprint density at radius 1 is 1.03 bits per heavy atom. The molecule has 0 radical (unpaired) electrons. The standard InChI is InChI=1S/C22H24Cl2FN7S/c1-13-4-3-7-32(13)22-26-18(15-5-6-17(25)16(23)10-15)11-19(27-22)31-9-8-30(12-14(31)2)21-20(24)33-29-28-21/h5-6,10-11,13-14H,3-4,7-9,12H2,1-2H3/t13-,14-/m1/s1. The molecule has 1 aromatic carbocycles. The van der Waals surface area contributed by atoms with Gasteiger partial charge in [0.15, 0.2) is 10.2 Å². The largest absolute Gasteiger partial charge is 0.350 e. The topological polar surface area (TPSA) is 61.3 Å². The van der Waals surface area contributed by atoms with Gasteiger partial charge in [-0.2, -0.15) is 4.98 Å². The summed E-state index contributed by atoms with van der Waals surface area (Å²) >= 11 is 13.5. The maximum Gasteiger partial charge on any atom is 0.228 e. The van der Waals surface area contributed by atoms with Gasteiger partial charge in [-0.1, -0.05) is 27.7 Å². The van der Waals surface area contributed by atoms with Gasteiger partial charge in [0.1, 0.15) is 11.6 Å². The predicted molar refractivity (Wildman–Crippen MR) is 132 cm³/mol. The van der Waals surface area contributed by atoms with Crippen LogP contribution in [0.4, 0.5) is 22.0 Å². The summed E-state index contributed by atoms with van der Waals surface area (Å²) in [5.74, 6) is 1.85. The number of piperazine rings is 1. The van der Waals surface area contributed by atoms with Crippen molar-refractivity contribution in [1.29, 1.82) is 0 Å². The molecule has 11 heteroatoms. The molecule has 0 spiro atoms. The summed E-state index contributed by atoms with van der Waals surface area (Å²) in [5, 5.41) is 4.27. The van der Waals surface area contributed by atoms with E-state index in [1.807, 2.05) is 6.07 Å². The van der Waals surface area contributed by atoms with E-state index in [1.165, 1.54) is 17.6 Å². The zero-order valence-corrected chi connectivity index (χ0v) is 20.7. The second kappa shape index (κ2) is 9.19. The van der Waals surface area contributed by atoms with Crippen molar-refractivity contribution >= 4 is 52.3 Å². The fourth-order valence-electron chi connectivity index (χ4n) is 4.58. The van der Waals surface area contributed by atoms with Gasteiger partial charge in [-0.3, -0.25) is 0 Å². The Bertz CT molecular complexity index is 1160. The fourth-order valence-corrected chi connectivity index (χ4v) is 5.46. The van der Waals surface area contributed by atoms with E-state index in [2.05, 4.69) is 38.1 Å². The number of benzene rings is 1. The second-order valence-corrected chi connectivity index (χ2v) is 10.3. The lowest BCUT2D eigenvalue weighted by atomic mass is 10.1. The molecule has 0 amide bonds. The van der Waals surface area contributed by atoms with Crippen LogP contribution in [0.1, 0.15) is 26.7 Å². The summed E-state index contributed by atoms with van der Waals surface area (Å²) in [6.07, 6.45) is 2.23. The minimum atomic E-state index is -0.442. The van der Waals surface area contributed by atoms with E-state index in [9.17, 15) is 4.39 Å². The minimum Gasteiger partial charge on any atom is -0.350 e. The Morgan fingerprint density at radius 2 is 1.88 bits per heavy atom.